The van der Waals surface area contributed by atoms with E-state index in [2.05, 4.69) is 72.3 Å². The molecule has 7 heteroatoms. The molecule has 0 radical (unpaired) electrons. The first kappa shape index (κ1) is 29.1. The number of fused-ring (bicyclic) bond motifs is 1. The predicted molar refractivity (Wildman–Crippen MR) is 177 cm³/mol. The molecule has 0 aliphatic carbocycles. The SMILES string of the molecule is CC(C)(C)c1ccc(-c2nnc(-c3ccc(N(c4ccc(/C=C(/C#N)C(=O)O)cc4)c4cccc5ccccc45)cc3)o2)cc1. The van der Waals surface area contributed by atoms with E-state index in [4.69, 9.17) is 4.42 Å². The summed E-state index contributed by atoms with van der Waals surface area (Å²) in [4.78, 5) is 13.5. The Labute approximate surface area is 261 Å². The number of carboxylic acids is 1. The van der Waals surface area contributed by atoms with Crippen LogP contribution in [0.1, 0.15) is 31.9 Å². The molecule has 0 saturated carbocycles. The van der Waals surface area contributed by atoms with Crippen LogP contribution in [0.3, 0.4) is 0 Å². The second-order valence-electron chi connectivity index (χ2n) is 11.7. The van der Waals surface area contributed by atoms with Crippen molar-refractivity contribution >= 4 is 39.9 Å². The van der Waals surface area contributed by atoms with Gasteiger partial charge in [-0.15, -0.1) is 10.2 Å². The Morgan fingerprint density at radius 1 is 0.778 bits per heavy atom. The van der Waals surface area contributed by atoms with E-state index in [1.807, 2.05) is 66.7 Å². The van der Waals surface area contributed by atoms with Crippen molar-refractivity contribution in [1.82, 2.24) is 10.2 Å². The number of aliphatic carboxylic acids is 1. The van der Waals surface area contributed by atoms with Gasteiger partial charge in [-0.1, -0.05) is 81.4 Å². The zero-order chi connectivity index (χ0) is 31.6. The lowest BCUT2D eigenvalue weighted by Crippen LogP contribution is -2.10. The molecular formula is C38H30N4O3. The van der Waals surface area contributed by atoms with Crippen molar-refractivity contribution in [2.45, 2.75) is 26.2 Å². The Morgan fingerprint density at radius 3 is 1.91 bits per heavy atom. The van der Waals surface area contributed by atoms with Gasteiger partial charge in [-0.3, -0.25) is 0 Å². The molecule has 0 aliphatic heterocycles. The summed E-state index contributed by atoms with van der Waals surface area (Å²) in [7, 11) is 0. The first-order chi connectivity index (χ1) is 21.7. The molecule has 0 atom stereocenters. The van der Waals surface area contributed by atoms with Crippen molar-refractivity contribution < 1.29 is 14.3 Å². The third-order valence-electron chi connectivity index (χ3n) is 7.62. The zero-order valence-corrected chi connectivity index (χ0v) is 25.1. The standard InChI is InChI=1S/C38H30N4O3/c1-38(2,3)30-17-13-27(14-18-30)35-40-41-36(45-35)28-15-21-32(22-16-28)42(34-10-6-8-26-7-4-5-9-33(26)34)31-19-11-25(12-20-31)23-29(24-39)37(43)44/h4-23H,1-3H3,(H,43,44)/b29-23-. The van der Waals surface area contributed by atoms with Gasteiger partial charge < -0.3 is 14.4 Å². The largest absolute Gasteiger partial charge is 0.477 e. The monoisotopic (exact) mass is 590 g/mol. The molecular weight excluding hydrogens is 560 g/mol. The second-order valence-corrected chi connectivity index (χ2v) is 11.7. The summed E-state index contributed by atoms with van der Waals surface area (Å²) in [6.45, 7) is 6.54. The molecule has 0 spiro atoms. The highest BCUT2D eigenvalue weighted by molar-refractivity contribution is 5.99. The number of carbonyl (C=O) groups is 1. The number of aromatic nitrogens is 2. The molecule has 0 unspecified atom stereocenters. The number of carboxylic acid groups (broad SMARTS) is 1. The summed E-state index contributed by atoms with van der Waals surface area (Å²) in [6, 6.07) is 39.6. The Bertz CT molecular complexity index is 2060. The van der Waals surface area contributed by atoms with Crippen LogP contribution in [0.2, 0.25) is 0 Å². The van der Waals surface area contributed by atoms with Gasteiger partial charge in [0.1, 0.15) is 11.6 Å². The van der Waals surface area contributed by atoms with E-state index in [-0.39, 0.29) is 11.0 Å². The van der Waals surface area contributed by atoms with Crippen LogP contribution in [0.25, 0.3) is 39.8 Å². The summed E-state index contributed by atoms with van der Waals surface area (Å²) in [5, 5.41) is 29.2. The van der Waals surface area contributed by atoms with Crippen molar-refractivity contribution in [3.05, 3.63) is 132 Å². The fraction of sp³-hybridized carbons (Fsp3) is 0.105. The van der Waals surface area contributed by atoms with Gasteiger partial charge in [0, 0.05) is 27.9 Å². The average molecular weight is 591 g/mol. The summed E-state index contributed by atoms with van der Waals surface area (Å²) < 4.78 is 6.07. The van der Waals surface area contributed by atoms with Crippen LogP contribution < -0.4 is 4.90 Å². The topological polar surface area (TPSA) is 103 Å². The van der Waals surface area contributed by atoms with Gasteiger partial charge in [0.05, 0.1) is 5.69 Å². The molecule has 5 aromatic carbocycles. The van der Waals surface area contributed by atoms with E-state index in [1.165, 1.54) is 11.6 Å². The summed E-state index contributed by atoms with van der Waals surface area (Å²) in [6.07, 6.45) is 1.36. The number of anilines is 3. The quantitative estimate of drug-likeness (QED) is 0.146. The van der Waals surface area contributed by atoms with Crippen molar-refractivity contribution in [2.24, 2.45) is 0 Å². The van der Waals surface area contributed by atoms with Gasteiger partial charge in [0.25, 0.3) is 0 Å². The zero-order valence-electron chi connectivity index (χ0n) is 25.1. The lowest BCUT2D eigenvalue weighted by molar-refractivity contribution is -0.132. The third-order valence-corrected chi connectivity index (χ3v) is 7.62. The van der Waals surface area contributed by atoms with E-state index in [0.29, 0.717) is 17.3 Å². The molecule has 6 aromatic rings. The number of benzene rings is 5. The average Bonchev–Trinajstić information content (AvgIpc) is 3.55. The van der Waals surface area contributed by atoms with Crippen molar-refractivity contribution in [2.75, 3.05) is 4.90 Å². The maximum Gasteiger partial charge on any atom is 0.346 e. The number of hydrogen-bond acceptors (Lipinski definition) is 6. The smallest absolute Gasteiger partial charge is 0.346 e. The normalized spacial score (nSPS) is 11.7. The molecule has 6 rings (SSSR count). The highest BCUT2D eigenvalue weighted by atomic mass is 16.4. The Hall–Kier alpha value is -6.00. The van der Waals surface area contributed by atoms with E-state index in [9.17, 15) is 15.2 Å². The van der Waals surface area contributed by atoms with Crippen LogP contribution in [0.15, 0.2) is 125 Å². The molecule has 0 amide bonds. The Morgan fingerprint density at radius 2 is 1.33 bits per heavy atom. The molecule has 0 saturated heterocycles. The van der Waals surface area contributed by atoms with Crippen molar-refractivity contribution in [1.29, 1.82) is 5.26 Å². The minimum Gasteiger partial charge on any atom is -0.477 e. The summed E-state index contributed by atoms with van der Waals surface area (Å²) in [5.41, 5.74) is 5.98. The number of nitrogens with zero attached hydrogens (tertiary/aromatic N) is 4. The molecule has 1 aromatic heterocycles. The van der Waals surface area contributed by atoms with Gasteiger partial charge in [0.15, 0.2) is 0 Å². The van der Waals surface area contributed by atoms with Gasteiger partial charge in [0.2, 0.25) is 11.8 Å². The molecule has 1 heterocycles. The van der Waals surface area contributed by atoms with Crippen molar-refractivity contribution in [3.63, 3.8) is 0 Å². The molecule has 1 N–H and O–H groups in total. The van der Waals surface area contributed by atoms with Gasteiger partial charge >= 0.3 is 5.97 Å². The van der Waals surface area contributed by atoms with Gasteiger partial charge in [-0.25, -0.2) is 4.79 Å². The summed E-state index contributed by atoms with van der Waals surface area (Å²) in [5.74, 6) is -0.370. The fourth-order valence-corrected chi connectivity index (χ4v) is 5.18. The van der Waals surface area contributed by atoms with Crippen LogP contribution in [0.4, 0.5) is 17.1 Å². The van der Waals surface area contributed by atoms with Crippen LogP contribution in [0, 0.1) is 11.3 Å². The van der Waals surface area contributed by atoms with Crippen LogP contribution >= 0.6 is 0 Å². The lowest BCUT2D eigenvalue weighted by Gasteiger charge is -2.27. The Kier molecular flexibility index (Phi) is 7.72. The molecule has 45 heavy (non-hydrogen) atoms. The summed E-state index contributed by atoms with van der Waals surface area (Å²) >= 11 is 0. The highest BCUT2D eigenvalue weighted by Gasteiger charge is 2.18. The van der Waals surface area contributed by atoms with E-state index < -0.39 is 5.97 Å². The Balaban J connectivity index is 1.36. The maximum absolute atomic E-state index is 11.3. The molecule has 7 nitrogen and oxygen atoms in total. The second kappa shape index (κ2) is 11.9. The van der Waals surface area contributed by atoms with E-state index in [0.717, 1.165) is 39.0 Å². The molecule has 0 bridgehead atoms. The molecule has 0 aliphatic rings. The van der Waals surface area contributed by atoms with Crippen LogP contribution in [0.5, 0.6) is 0 Å². The number of nitriles is 1. The van der Waals surface area contributed by atoms with Gasteiger partial charge in [-0.2, -0.15) is 5.26 Å². The first-order valence-electron chi connectivity index (χ1n) is 14.5. The van der Waals surface area contributed by atoms with E-state index in [1.54, 1.807) is 18.2 Å². The third kappa shape index (κ3) is 6.08. The van der Waals surface area contributed by atoms with E-state index >= 15 is 0 Å². The first-order valence-corrected chi connectivity index (χ1v) is 14.5. The van der Waals surface area contributed by atoms with Crippen LogP contribution in [-0.4, -0.2) is 21.3 Å². The molecule has 0 fully saturated rings. The lowest BCUT2D eigenvalue weighted by atomic mass is 9.87. The van der Waals surface area contributed by atoms with Crippen LogP contribution in [-0.2, 0) is 10.2 Å². The minimum absolute atomic E-state index is 0.0561. The van der Waals surface area contributed by atoms with Gasteiger partial charge in [-0.05, 0) is 82.6 Å². The minimum atomic E-state index is -1.26. The number of hydrogen-bond donors (Lipinski definition) is 1. The highest BCUT2D eigenvalue weighted by Crippen LogP contribution is 2.39. The molecule has 220 valence electrons. The van der Waals surface area contributed by atoms with Crippen molar-refractivity contribution in [3.8, 4) is 29.0 Å². The fourth-order valence-electron chi connectivity index (χ4n) is 5.18. The number of rotatable bonds is 7. The predicted octanol–water partition coefficient (Wildman–Crippen LogP) is 9.32. The maximum atomic E-state index is 11.3.